The van der Waals surface area contributed by atoms with Gasteiger partial charge in [-0.25, -0.2) is 4.79 Å². The van der Waals surface area contributed by atoms with Crippen LogP contribution >= 0.6 is 0 Å². The van der Waals surface area contributed by atoms with Gasteiger partial charge in [0.15, 0.2) is 6.10 Å². The maximum atomic E-state index is 10.7. The fraction of sp³-hybridized carbons (Fsp3) is 0.857. The molecule has 3 heteroatoms. The Labute approximate surface area is 60.3 Å². The van der Waals surface area contributed by atoms with Crippen LogP contribution in [0.15, 0.2) is 0 Å². The topological polar surface area (TPSA) is 35.5 Å². The minimum atomic E-state index is -0.382. The fourth-order valence-electron chi connectivity index (χ4n) is 0.788. The summed E-state index contributed by atoms with van der Waals surface area (Å²) >= 11 is 0. The molecule has 58 valence electrons. The highest BCUT2D eigenvalue weighted by molar-refractivity contribution is 5.75. The van der Waals surface area contributed by atoms with E-state index in [1.165, 1.54) is 0 Å². The van der Waals surface area contributed by atoms with Gasteiger partial charge in [-0.05, 0) is 6.92 Å². The number of carbonyl (C=O) groups excluding carboxylic acids is 1. The van der Waals surface area contributed by atoms with Gasteiger partial charge in [0.1, 0.15) is 0 Å². The average Bonchev–Trinajstić information content (AvgIpc) is 2.13. The zero-order chi connectivity index (χ0) is 7.72. The van der Waals surface area contributed by atoms with Gasteiger partial charge < -0.3 is 9.47 Å². The van der Waals surface area contributed by atoms with Crippen LogP contribution in [0.5, 0.6) is 0 Å². The lowest BCUT2D eigenvalue weighted by Gasteiger charge is -2.11. The van der Waals surface area contributed by atoms with E-state index in [0.717, 1.165) is 0 Å². The Kier molecular flexibility index (Phi) is 1.94. The van der Waals surface area contributed by atoms with Crippen molar-refractivity contribution in [2.24, 2.45) is 5.92 Å². The maximum Gasteiger partial charge on any atom is 0.337 e. The van der Waals surface area contributed by atoms with Crippen LogP contribution < -0.4 is 0 Å². The van der Waals surface area contributed by atoms with Gasteiger partial charge in [-0.15, -0.1) is 0 Å². The minimum absolute atomic E-state index is 0.244. The number of hydrogen-bond acceptors (Lipinski definition) is 3. The lowest BCUT2D eigenvalue weighted by atomic mass is 10.2. The molecule has 0 radical (unpaired) electrons. The molecule has 1 saturated heterocycles. The van der Waals surface area contributed by atoms with Gasteiger partial charge in [0.2, 0.25) is 6.29 Å². The Bertz CT molecular complexity index is 142. The van der Waals surface area contributed by atoms with Crippen molar-refractivity contribution in [3.8, 4) is 0 Å². The maximum absolute atomic E-state index is 10.7. The van der Waals surface area contributed by atoms with Gasteiger partial charge in [0.25, 0.3) is 0 Å². The minimum Gasteiger partial charge on any atom is -0.434 e. The molecule has 0 saturated carbocycles. The molecular formula is C7H12O3. The first-order valence-corrected chi connectivity index (χ1v) is 3.47. The molecule has 1 rings (SSSR count). The quantitative estimate of drug-likeness (QED) is 0.513. The fourth-order valence-corrected chi connectivity index (χ4v) is 0.788. The predicted octanol–water partition coefficient (Wildman–Crippen LogP) is 0.930. The van der Waals surface area contributed by atoms with Gasteiger partial charge >= 0.3 is 5.97 Å². The molecule has 1 fully saturated rings. The second-order valence-corrected chi connectivity index (χ2v) is 2.83. The lowest BCUT2D eigenvalue weighted by molar-refractivity contribution is -0.146. The van der Waals surface area contributed by atoms with Crippen molar-refractivity contribution in [3.63, 3.8) is 0 Å². The summed E-state index contributed by atoms with van der Waals surface area (Å²) in [4.78, 5) is 10.7. The Morgan fingerprint density at radius 2 is 2.10 bits per heavy atom. The summed E-state index contributed by atoms with van der Waals surface area (Å²) in [6, 6.07) is 0. The van der Waals surface area contributed by atoms with E-state index < -0.39 is 0 Å². The van der Waals surface area contributed by atoms with Crippen molar-refractivity contribution in [3.05, 3.63) is 0 Å². The van der Waals surface area contributed by atoms with Crippen LogP contribution in [-0.4, -0.2) is 18.4 Å². The lowest BCUT2D eigenvalue weighted by Crippen LogP contribution is -2.16. The van der Waals surface area contributed by atoms with Crippen molar-refractivity contribution >= 4 is 5.97 Å². The first-order valence-electron chi connectivity index (χ1n) is 3.47. The molecule has 2 atom stereocenters. The molecule has 0 aromatic rings. The van der Waals surface area contributed by atoms with Crippen LogP contribution in [0, 0.1) is 5.92 Å². The third-order valence-corrected chi connectivity index (χ3v) is 1.45. The number of cyclic esters (lactones) is 1. The number of rotatable bonds is 1. The molecule has 0 aromatic carbocycles. The molecule has 0 aliphatic carbocycles. The summed E-state index contributed by atoms with van der Waals surface area (Å²) in [5.41, 5.74) is 0. The highest BCUT2D eigenvalue weighted by atomic mass is 16.8. The van der Waals surface area contributed by atoms with Crippen molar-refractivity contribution in [2.75, 3.05) is 0 Å². The van der Waals surface area contributed by atoms with Gasteiger partial charge in [0, 0.05) is 5.92 Å². The number of carbonyl (C=O) groups is 1. The van der Waals surface area contributed by atoms with E-state index in [-0.39, 0.29) is 24.3 Å². The second-order valence-electron chi connectivity index (χ2n) is 2.83. The molecule has 0 amide bonds. The van der Waals surface area contributed by atoms with Crippen LogP contribution in [0.4, 0.5) is 0 Å². The largest absolute Gasteiger partial charge is 0.434 e. The molecule has 0 aromatic heterocycles. The summed E-state index contributed by atoms with van der Waals surface area (Å²) in [6.45, 7) is 5.61. The van der Waals surface area contributed by atoms with Gasteiger partial charge in [0.05, 0.1) is 0 Å². The molecule has 1 aliphatic rings. The highest BCUT2D eigenvalue weighted by Gasteiger charge is 2.33. The Hall–Kier alpha value is -0.570. The monoisotopic (exact) mass is 144 g/mol. The smallest absolute Gasteiger partial charge is 0.337 e. The standard InChI is InChI=1S/C7H12O3/c1-4(2)7-9-5(3)6(8)10-7/h4-5,7H,1-3H3/t5-,7+/m1/s1. The van der Waals surface area contributed by atoms with Crippen LogP contribution in [0.2, 0.25) is 0 Å². The average molecular weight is 144 g/mol. The number of ether oxygens (including phenoxy) is 2. The Balaban J connectivity index is 2.49. The molecular weight excluding hydrogens is 132 g/mol. The summed E-state index contributed by atoms with van der Waals surface area (Å²) in [5, 5.41) is 0. The third kappa shape index (κ3) is 1.29. The Morgan fingerprint density at radius 1 is 1.50 bits per heavy atom. The van der Waals surface area contributed by atoms with E-state index >= 15 is 0 Å². The Morgan fingerprint density at radius 3 is 2.30 bits per heavy atom. The highest BCUT2D eigenvalue weighted by Crippen LogP contribution is 2.18. The molecule has 10 heavy (non-hydrogen) atoms. The van der Waals surface area contributed by atoms with E-state index in [2.05, 4.69) is 0 Å². The van der Waals surface area contributed by atoms with Crippen LogP contribution in [-0.2, 0) is 14.3 Å². The van der Waals surface area contributed by atoms with Crippen LogP contribution in [0.3, 0.4) is 0 Å². The van der Waals surface area contributed by atoms with Crippen LogP contribution in [0.1, 0.15) is 20.8 Å². The summed E-state index contributed by atoms with van der Waals surface area (Å²) in [7, 11) is 0. The molecule has 0 bridgehead atoms. The van der Waals surface area contributed by atoms with Crippen molar-refractivity contribution in [1.82, 2.24) is 0 Å². The molecule has 0 spiro atoms. The molecule has 0 N–H and O–H groups in total. The van der Waals surface area contributed by atoms with Gasteiger partial charge in [-0.1, -0.05) is 13.8 Å². The van der Waals surface area contributed by atoms with Gasteiger partial charge in [-0.2, -0.15) is 0 Å². The SMILES string of the molecule is CC(C)[C@@H]1OC(=O)[C@@H](C)O1. The summed E-state index contributed by atoms with van der Waals surface area (Å²) in [6.07, 6.45) is -0.713. The van der Waals surface area contributed by atoms with Crippen molar-refractivity contribution < 1.29 is 14.3 Å². The van der Waals surface area contributed by atoms with E-state index in [0.29, 0.717) is 0 Å². The third-order valence-electron chi connectivity index (χ3n) is 1.45. The zero-order valence-corrected chi connectivity index (χ0v) is 6.46. The number of hydrogen-bond donors (Lipinski definition) is 0. The zero-order valence-electron chi connectivity index (χ0n) is 6.46. The molecule has 1 heterocycles. The summed E-state index contributed by atoms with van der Waals surface area (Å²) < 4.78 is 10.0. The van der Waals surface area contributed by atoms with Crippen molar-refractivity contribution in [2.45, 2.75) is 33.2 Å². The van der Waals surface area contributed by atoms with Crippen molar-refractivity contribution in [1.29, 1.82) is 0 Å². The molecule has 3 nitrogen and oxygen atoms in total. The van der Waals surface area contributed by atoms with E-state index in [1.807, 2.05) is 13.8 Å². The van der Waals surface area contributed by atoms with E-state index in [1.54, 1.807) is 6.92 Å². The first kappa shape index (κ1) is 7.54. The van der Waals surface area contributed by atoms with Gasteiger partial charge in [-0.3, -0.25) is 0 Å². The van der Waals surface area contributed by atoms with E-state index in [9.17, 15) is 4.79 Å². The molecule has 1 aliphatic heterocycles. The predicted molar refractivity (Wildman–Crippen MR) is 35.3 cm³/mol. The van der Waals surface area contributed by atoms with E-state index in [4.69, 9.17) is 9.47 Å². The van der Waals surface area contributed by atoms with Crippen LogP contribution in [0.25, 0.3) is 0 Å². The molecule has 0 unspecified atom stereocenters. The first-order chi connectivity index (χ1) is 4.61. The second kappa shape index (κ2) is 2.58. The number of esters is 1. The summed E-state index contributed by atoms with van der Waals surface area (Å²) in [5.74, 6) is -0.00685. The normalized spacial score (nSPS) is 33.0.